The molecule has 1 amide bonds. The van der Waals surface area contributed by atoms with Gasteiger partial charge in [0.2, 0.25) is 0 Å². The molecule has 140 valence electrons. The van der Waals surface area contributed by atoms with Crippen LogP contribution in [0.3, 0.4) is 0 Å². The highest BCUT2D eigenvalue weighted by Gasteiger charge is 2.33. The zero-order valence-electron chi connectivity index (χ0n) is 14.7. The Kier molecular flexibility index (Phi) is 5.39. The number of furan rings is 1. The molecule has 1 aromatic heterocycles. The standard InChI is InChI=1S/C21H14BrNO3S2/c1-25-16-8-6-15(7-9-16)23-20(24)19(28-21(23)27)12-17-10-11-18(26-17)13-2-4-14(22)5-3-13/h2-12H,1H3. The predicted octanol–water partition coefficient (Wildman–Crippen LogP) is 6.12. The van der Waals surface area contributed by atoms with Gasteiger partial charge in [0.25, 0.3) is 5.91 Å². The first-order chi connectivity index (χ1) is 13.5. The van der Waals surface area contributed by atoms with Crippen LogP contribution in [0.5, 0.6) is 5.75 Å². The highest BCUT2D eigenvalue weighted by atomic mass is 79.9. The molecule has 28 heavy (non-hydrogen) atoms. The number of carbonyl (C=O) groups excluding carboxylic acids is 1. The van der Waals surface area contributed by atoms with Crippen LogP contribution in [0.15, 0.2) is 74.5 Å². The molecular formula is C21H14BrNO3S2. The van der Waals surface area contributed by atoms with E-state index >= 15 is 0 Å². The van der Waals surface area contributed by atoms with E-state index in [-0.39, 0.29) is 5.91 Å². The van der Waals surface area contributed by atoms with Crippen molar-refractivity contribution < 1.29 is 13.9 Å². The highest BCUT2D eigenvalue weighted by molar-refractivity contribution is 9.10. The Balaban J connectivity index is 1.58. The minimum atomic E-state index is -0.165. The number of carbonyl (C=O) groups is 1. The maximum absolute atomic E-state index is 12.9. The number of benzene rings is 2. The number of rotatable bonds is 4. The van der Waals surface area contributed by atoms with E-state index in [2.05, 4.69) is 15.9 Å². The van der Waals surface area contributed by atoms with Gasteiger partial charge >= 0.3 is 0 Å². The number of thioether (sulfide) groups is 1. The Morgan fingerprint density at radius 1 is 1.07 bits per heavy atom. The van der Waals surface area contributed by atoms with Crippen LogP contribution in [0.1, 0.15) is 5.76 Å². The second-order valence-electron chi connectivity index (χ2n) is 5.92. The van der Waals surface area contributed by atoms with E-state index in [1.54, 1.807) is 25.3 Å². The maximum atomic E-state index is 12.9. The van der Waals surface area contributed by atoms with Gasteiger partial charge in [0, 0.05) is 16.1 Å². The summed E-state index contributed by atoms with van der Waals surface area (Å²) in [6.45, 7) is 0. The molecule has 0 radical (unpaired) electrons. The Morgan fingerprint density at radius 3 is 2.46 bits per heavy atom. The van der Waals surface area contributed by atoms with Crippen LogP contribution >= 0.6 is 39.9 Å². The molecule has 0 spiro atoms. The molecule has 3 aromatic rings. The first-order valence-electron chi connectivity index (χ1n) is 8.33. The van der Waals surface area contributed by atoms with Crippen LogP contribution in [0, 0.1) is 0 Å². The fourth-order valence-electron chi connectivity index (χ4n) is 2.75. The molecule has 0 aliphatic carbocycles. The summed E-state index contributed by atoms with van der Waals surface area (Å²) in [4.78, 5) is 14.9. The minimum Gasteiger partial charge on any atom is -0.497 e. The van der Waals surface area contributed by atoms with E-state index < -0.39 is 0 Å². The van der Waals surface area contributed by atoms with Gasteiger partial charge in [-0.05, 0) is 48.5 Å². The SMILES string of the molecule is COc1ccc(N2C(=O)C(=Cc3ccc(-c4ccc(Br)cc4)o3)SC2=S)cc1. The summed E-state index contributed by atoms with van der Waals surface area (Å²) < 4.78 is 12.5. The summed E-state index contributed by atoms with van der Waals surface area (Å²) >= 11 is 10.1. The largest absolute Gasteiger partial charge is 0.497 e. The Labute approximate surface area is 180 Å². The summed E-state index contributed by atoms with van der Waals surface area (Å²) in [5.41, 5.74) is 1.68. The monoisotopic (exact) mass is 471 g/mol. The third-order valence-corrected chi connectivity index (χ3v) is 5.98. The van der Waals surface area contributed by atoms with Crippen molar-refractivity contribution in [2.24, 2.45) is 0 Å². The Hall–Kier alpha value is -2.35. The lowest BCUT2D eigenvalue weighted by atomic mass is 10.2. The second kappa shape index (κ2) is 7.95. The zero-order valence-corrected chi connectivity index (χ0v) is 17.9. The first kappa shape index (κ1) is 19.0. The van der Waals surface area contributed by atoms with Gasteiger partial charge < -0.3 is 9.15 Å². The molecule has 0 atom stereocenters. The number of amides is 1. The number of halogens is 1. The minimum absolute atomic E-state index is 0.165. The predicted molar refractivity (Wildman–Crippen MR) is 120 cm³/mol. The number of hydrogen-bond donors (Lipinski definition) is 0. The number of methoxy groups -OCH3 is 1. The van der Waals surface area contributed by atoms with Gasteiger partial charge in [-0.1, -0.05) is 52.0 Å². The smallest absolute Gasteiger partial charge is 0.270 e. The van der Waals surface area contributed by atoms with E-state index in [4.69, 9.17) is 21.4 Å². The van der Waals surface area contributed by atoms with Crippen molar-refractivity contribution >= 4 is 61.9 Å². The van der Waals surface area contributed by atoms with E-state index in [0.29, 0.717) is 20.7 Å². The fourth-order valence-corrected chi connectivity index (χ4v) is 4.29. The number of anilines is 1. The van der Waals surface area contributed by atoms with E-state index in [1.807, 2.05) is 48.5 Å². The van der Waals surface area contributed by atoms with E-state index in [1.165, 1.54) is 16.7 Å². The van der Waals surface area contributed by atoms with Crippen molar-refractivity contribution in [1.29, 1.82) is 0 Å². The van der Waals surface area contributed by atoms with Crippen molar-refractivity contribution in [2.45, 2.75) is 0 Å². The zero-order chi connectivity index (χ0) is 19.7. The van der Waals surface area contributed by atoms with Crippen LogP contribution in [-0.4, -0.2) is 17.3 Å². The van der Waals surface area contributed by atoms with Crippen LogP contribution in [-0.2, 0) is 4.79 Å². The summed E-state index contributed by atoms with van der Waals surface area (Å²) in [7, 11) is 1.60. The molecule has 1 aliphatic rings. The van der Waals surface area contributed by atoms with Crippen molar-refractivity contribution in [2.75, 3.05) is 12.0 Å². The van der Waals surface area contributed by atoms with Gasteiger partial charge in [-0.25, -0.2) is 0 Å². The van der Waals surface area contributed by atoms with Gasteiger partial charge in [0.05, 0.1) is 17.7 Å². The first-order valence-corrected chi connectivity index (χ1v) is 10.3. The summed E-state index contributed by atoms with van der Waals surface area (Å²) in [5.74, 6) is 1.90. The Morgan fingerprint density at radius 2 is 1.79 bits per heavy atom. The molecule has 7 heteroatoms. The van der Waals surface area contributed by atoms with Gasteiger partial charge in [-0.3, -0.25) is 9.69 Å². The average molecular weight is 472 g/mol. The lowest BCUT2D eigenvalue weighted by Gasteiger charge is -2.14. The van der Waals surface area contributed by atoms with Crippen LogP contribution in [0.25, 0.3) is 17.4 Å². The molecule has 0 saturated carbocycles. The van der Waals surface area contributed by atoms with Crippen LogP contribution in [0.2, 0.25) is 0 Å². The fraction of sp³-hybridized carbons (Fsp3) is 0.0476. The normalized spacial score (nSPS) is 15.5. The molecule has 0 unspecified atom stereocenters. The van der Waals surface area contributed by atoms with Crippen LogP contribution < -0.4 is 9.64 Å². The molecule has 2 heterocycles. The topological polar surface area (TPSA) is 42.7 Å². The second-order valence-corrected chi connectivity index (χ2v) is 8.52. The lowest BCUT2D eigenvalue weighted by molar-refractivity contribution is -0.113. The van der Waals surface area contributed by atoms with Crippen molar-refractivity contribution in [1.82, 2.24) is 0 Å². The van der Waals surface area contributed by atoms with Crippen LogP contribution in [0.4, 0.5) is 5.69 Å². The summed E-state index contributed by atoms with van der Waals surface area (Å²) in [6, 6.07) is 18.8. The molecule has 0 N–H and O–H groups in total. The van der Waals surface area contributed by atoms with Crippen molar-refractivity contribution in [3.8, 4) is 17.1 Å². The summed E-state index contributed by atoms with van der Waals surface area (Å²) in [6.07, 6.45) is 1.73. The molecular weight excluding hydrogens is 458 g/mol. The molecule has 2 aromatic carbocycles. The molecule has 4 nitrogen and oxygen atoms in total. The molecule has 0 bridgehead atoms. The lowest BCUT2D eigenvalue weighted by Crippen LogP contribution is -2.27. The highest BCUT2D eigenvalue weighted by Crippen LogP contribution is 2.37. The number of hydrogen-bond acceptors (Lipinski definition) is 5. The van der Waals surface area contributed by atoms with Gasteiger partial charge in [-0.2, -0.15) is 0 Å². The van der Waals surface area contributed by atoms with Crippen molar-refractivity contribution in [3.05, 3.63) is 75.8 Å². The number of nitrogens with zero attached hydrogens (tertiary/aromatic N) is 1. The van der Waals surface area contributed by atoms with Crippen molar-refractivity contribution in [3.63, 3.8) is 0 Å². The van der Waals surface area contributed by atoms with Gasteiger partial charge in [0.15, 0.2) is 4.32 Å². The van der Waals surface area contributed by atoms with E-state index in [9.17, 15) is 4.79 Å². The van der Waals surface area contributed by atoms with E-state index in [0.717, 1.165) is 21.5 Å². The van der Waals surface area contributed by atoms with Gasteiger partial charge in [0.1, 0.15) is 17.3 Å². The third-order valence-electron chi connectivity index (χ3n) is 4.15. The number of thiocarbonyl (C=S) groups is 1. The summed E-state index contributed by atoms with van der Waals surface area (Å²) in [5, 5.41) is 0. The third kappa shape index (κ3) is 3.78. The maximum Gasteiger partial charge on any atom is 0.270 e. The molecule has 1 fully saturated rings. The Bertz CT molecular complexity index is 1070. The average Bonchev–Trinajstić information content (AvgIpc) is 3.27. The quantitative estimate of drug-likeness (QED) is 0.338. The molecule has 1 aliphatic heterocycles. The van der Waals surface area contributed by atoms with Gasteiger partial charge in [-0.15, -0.1) is 0 Å². The molecule has 1 saturated heterocycles. The number of ether oxygens (including phenoxy) is 1. The molecule has 4 rings (SSSR count).